The third kappa shape index (κ3) is 10.0. The number of oxime groups is 1. The van der Waals surface area contributed by atoms with Crippen molar-refractivity contribution in [1.29, 1.82) is 0 Å². The Balaban J connectivity index is 1.39. The van der Waals surface area contributed by atoms with Gasteiger partial charge < -0.3 is 29.7 Å². The van der Waals surface area contributed by atoms with Crippen LogP contribution in [0.3, 0.4) is 0 Å². The summed E-state index contributed by atoms with van der Waals surface area (Å²) in [6.45, 7) is 5.34. The van der Waals surface area contributed by atoms with Crippen molar-refractivity contribution in [2.75, 3.05) is 30.2 Å². The number of amides is 3. The van der Waals surface area contributed by atoms with E-state index in [0.717, 1.165) is 11.3 Å². The van der Waals surface area contributed by atoms with E-state index in [9.17, 15) is 28.8 Å². The summed E-state index contributed by atoms with van der Waals surface area (Å²) in [7, 11) is 0. The molecule has 5 rings (SSSR count). The second-order valence-corrected chi connectivity index (χ2v) is 14.9. The van der Waals surface area contributed by atoms with Crippen molar-refractivity contribution < 1.29 is 47.8 Å². The smallest absolute Gasteiger partial charge is 0.356 e. The van der Waals surface area contributed by atoms with E-state index < -0.39 is 71.1 Å². The lowest BCUT2D eigenvalue weighted by Gasteiger charge is -2.49. The first-order chi connectivity index (χ1) is 25.8. The van der Waals surface area contributed by atoms with Crippen LogP contribution in [0.5, 0.6) is 0 Å². The van der Waals surface area contributed by atoms with Gasteiger partial charge in [0.2, 0.25) is 12.5 Å². The molecule has 1 saturated heterocycles. The molecule has 18 heteroatoms. The second-order valence-electron chi connectivity index (χ2n) is 12.7. The van der Waals surface area contributed by atoms with E-state index in [1.807, 2.05) is 60.7 Å². The molecule has 284 valence electrons. The minimum Gasteiger partial charge on any atom is -0.461 e. The maximum absolute atomic E-state index is 14.1. The zero-order valence-corrected chi connectivity index (χ0v) is 31.9. The van der Waals surface area contributed by atoms with Crippen LogP contribution in [0.4, 0.5) is 5.13 Å². The predicted octanol–water partition coefficient (Wildman–Crippen LogP) is 3.93. The molecule has 3 heterocycles. The number of hydrogen-bond donors (Lipinski definition) is 2. The molecule has 54 heavy (non-hydrogen) atoms. The van der Waals surface area contributed by atoms with Crippen molar-refractivity contribution >= 4 is 81.2 Å². The maximum Gasteiger partial charge on any atom is 0.356 e. The summed E-state index contributed by atoms with van der Waals surface area (Å²) in [6, 6.07) is 17.0. The largest absolute Gasteiger partial charge is 0.461 e. The number of anilines is 1. The molecule has 0 saturated carbocycles. The molecule has 15 nitrogen and oxygen atoms in total. The van der Waals surface area contributed by atoms with Crippen molar-refractivity contribution in [2.45, 2.75) is 50.8 Å². The summed E-state index contributed by atoms with van der Waals surface area (Å²) >= 11 is 7.80. The minimum atomic E-state index is -1.15. The molecule has 0 spiro atoms. The zero-order valence-electron chi connectivity index (χ0n) is 29.5. The fourth-order valence-corrected chi connectivity index (χ4v) is 7.35. The van der Waals surface area contributed by atoms with Crippen LogP contribution in [0.25, 0.3) is 0 Å². The normalized spacial score (nSPS) is 16.9. The van der Waals surface area contributed by atoms with Crippen LogP contribution in [0.2, 0.25) is 0 Å². The first kappa shape index (κ1) is 39.9. The van der Waals surface area contributed by atoms with Crippen LogP contribution >= 0.6 is 34.7 Å². The number of nitrogens with zero attached hydrogens (tertiary/aromatic N) is 3. The van der Waals surface area contributed by atoms with E-state index in [1.54, 1.807) is 20.8 Å². The van der Waals surface area contributed by atoms with Crippen molar-refractivity contribution in [3.05, 3.63) is 94.1 Å². The molecule has 2 aliphatic rings. The molecule has 3 aromatic rings. The van der Waals surface area contributed by atoms with E-state index in [2.05, 4.69) is 20.8 Å². The Morgan fingerprint density at radius 3 is 2.28 bits per heavy atom. The Labute approximate surface area is 323 Å². The first-order valence-corrected chi connectivity index (χ1v) is 18.9. The maximum atomic E-state index is 14.1. The molecular formula is C36H36ClN5O10S2. The molecule has 0 radical (unpaired) electrons. The highest BCUT2D eigenvalue weighted by atomic mass is 35.5. The number of aromatic nitrogens is 1. The number of halogens is 1. The summed E-state index contributed by atoms with van der Waals surface area (Å²) < 4.78 is 16.6. The van der Waals surface area contributed by atoms with Gasteiger partial charge in [-0.2, -0.15) is 0 Å². The Hall–Kier alpha value is -5.26. The Morgan fingerprint density at radius 2 is 1.69 bits per heavy atom. The van der Waals surface area contributed by atoms with E-state index >= 15 is 0 Å². The number of esters is 3. The second kappa shape index (κ2) is 17.7. The van der Waals surface area contributed by atoms with Gasteiger partial charge in [0.15, 0.2) is 16.9 Å². The fourth-order valence-electron chi connectivity index (χ4n) is 5.25. The van der Waals surface area contributed by atoms with Crippen LogP contribution in [-0.4, -0.2) is 93.1 Å². The number of ether oxygens (including phenoxy) is 3. The minimum absolute atomic E-state index is 0.0350. The molecule has 0 unspecified atom stereocenters. The van der Waals surface area contributed by atoms with Crippen LogP contribution in [0.15, 0.2) is 82.5 Å². The lowest BCUT2D eigenvalue weighted by Crippen LogP contribution is -2.71. The third-order valence-electron chi connectivity index (χ3n) is 7.49. The molecule has 0 aliphatic carbocycles. The Morgan fingerprint density at radius 1 is 1.04 bits per heavy atom. The highest BCUT2D eigenvalue weighted by Crippen LogP contribution is 2.42. The van der Waals surface area contributed by atoms with E-state index in [4.69, 9.17) is 30.6 Å². The standard InChI is InChI=1S/C36H36ClN5O10S2/c1-20(43)49-16-23-18-53-33-28(32(47)42(33)29(23)34(48)51-30(21-11-7-5-8-12-21)22-13-9-6-10-14-22)40-31(46)27(41-50-17-26(45)52-36(2,3)4)24-19-54-35(38-24)39-25(44)15-37/h5-14,19,28,30,33H,15-18H2,1-4H3,(H,40,46)(H,38,39,44)/b41-27-/t28-,33-/m1/s1. The molecular weight excluding hydrogens is 762 g/mol. The number of hydrogen-bond acceptors (Lipinski definition) is 14. The van der Waals surface area contributed by atoms with Gasteiger partial charge in [0.25, 0.3) is 11.8 Å². The van der Waals surface area contributed by atoms with Gasteiger partial charge in [0, 0.05) is 23.6 Å². The topological polar surface area (TPSA) is 192 Å². The lowest BCUT2D eigenvalue weighted by atomic mass is 10.0. The molecule has 2 aliphatic heterocycles. The molecule has 1 aromatic heterocycles. The van der Waals surface area contributed by atoms with Gasteiger partial charge in [0.1, 0.15) is 40.9 Å². The van der Waals surface area contributed by atoms with Crippen molar-refractivity contribution in [2.24, 2.45) is 5.16 Å². The summed E-state index contributed by atoms with van der Waals surface area (Å²) in [6.07, 6.45) is -0.834. The quantitative estimate of drug-likeness (QED) is 0.0598. The van der Waals surface area contributed by atoms with Crippen LogP contribution in [-0.2, 0) is 47.8 Å². The molecule has 2 atom stereocenters. The Bertz CT molecular complexity index is 1930. The number of carbonyl (C=O) groups excluding carboxylic acids is 6. The fraction of sp³-hybridized carbons (Fsp3) is 0.333. The molecule has 3 amide bonds. The number of β-lactam (4-membered cyclic amide) rings is 1. The monoisotopic (exact) mass is 797 g/mol. The highest BCUT2D eigenvalue weighted by molar-refractivity contribution is 8.00. The zero-order chi connectivity index (χ0) is 39.0. The van der Waals surface area contributed by atoms with Gasteiger partial charge in [-0.25, -0.2) is 14.6 Å². The van der Waals surface area contributed by atoms with Gasteiger partial charge in [0.05, 0.1) is 0 Å². The molecule has 2 N–H and O–H groups in total. The predicted molar refractivity (Wildman–Crippen MR) is 199 cm³/mol. The van der Waals surface area contributed by atoms with Crippen LogP contribution in [0, 0.1) is 0 Å². The summed E-state index contributed by atoms with van der Waals surface area (Å²) in [4.78, 5) is 88.1. The number of benzene rings is 2. The molecule has 1 fully saturated rings. The van der Waals surface area contributed by atoms with Crippen LogP contribution in [0.1, 0.15) is 50.6 Å². The van der Waals surface area contributed by atoms with Crippen molar-refractivity contribution in [3.63, 3.8) is 0 Å². The first-order valence-electron chi connectivity index (χ1n) is 16.4. The average molecular weight is 798 g/mol. The summed E-state index contributed by atoms with van der Waals surface area (Å²) in [5.41, 5.74) is 0.385. The number of thiazole rings is 1. The number of thioether (sulfide) groups is 1. The van der Waals surface area contributed by atoms with Gasteiger partial charge in [-0.15, -0.1) is 34.7 Å². The summed E-state index contributed by atoms with van der Waals surface area (Å²) in [5.74, 6) is -4.41. The number of alkyl halides is 1. The Kier molecular flexibility index (Phi) is 13.1. The number of carbonyl (C=O) groups is 6. The number of nitrogens with one attached hydrogen (secondary N) is 2. The van der Waals surface area contributed by atoms with Crippen LogP contribution < -0.4 is 10.6 Å². The van der Waals surface area contributed by atoms with E-state index in [1.165, 1.54) is 29.0 Å². The third-order valence-corrected chi connectivity index (χ3v) is 9.83. The molecule has 2 aromatic carbocycles. The van der Waals surface area contributed by atoms with Gasteiger partial charge in [-0.1, -0.05) is 65.8 Å². The van der Waals surface area contributed by atoms with Gasteiger partial charge in [-0.05, 0) is 31.9 Å². The molecule has 0 bridgehead atoms. The van der Waals surface area contributed by atoms with E-state index in [-0.39, 0.29) is 34.8 Å². The SMILES string of the molecule is CC(=O)OCC1=C(C(=O)OC(c2ccccc2)c2ccccc2)N2C(=O)[C@@H](NC(=O)/C(=N\OCC(=O)OC(C)(C)C)c3csc(NC(=O)CCl)n3)[C@H]2SC1. The van der Waals surface area contributed by atoms with E-state index in [0.29, 0.717) is 16.7 Å². The van der Waals surface area contributed by atoms with Crippen molar-refractivity contribution in [3.8, 4) is 0 Å². The summed E-state index contributed by atoms with van der Waals surface area (Å²) in [5, 5.41) is 9.71. The average Bonchev–Trinajstić information content (AvgIpc) is 3.60. The number of rotatable bonds is 14. The van der Waals surface area contributed by atoms with Crippen molar-refractivity contribution in [1.82, 2.24) is 15.2 Å². The van der Waals surface area contributed by atoms with Gasteiger partial charge >= 0.3 is 17.9 Å². The lowest BCUT2D eigenvalue weighted by molar-refractivity contribution is -0.160. The highest BCUT2D eigenvalue weighted by Gasteiger charge is 2.55. The number of fused-ring (bicyclic) bond motifs is 1. The van der Waals surface area contributed by atoms with Gasteiger partial charge in [-0.3, -0.25) is 24.1 Å².